The molecular formula is C60H38N4O. The SMILES string of the molecule is c1ccc(-c2cc(-c3ccccc3)nc(-c3ccc(-c4c(-c5ccc(-c6nc(-c7ccccc7)cc(-c7cccc8ccccc78)n6)cc5)ccc5oc6ccccc6c45)cc3)n2)cc1. The zero-order valence-corrected chi connectivity index (χ0v) is 35.1. The van der Waals surface area contributed by atoms with E-state index in [4.69, 9.17) is 24.4 Å². The summed E-state index contributed by atoms with van der Waals surface area (Å²) in [4.78, 5) is 20.6. The summed E-state index contributed by atoms with van der Waals surface area (Å²) in [5.41, 5.74) is 15.6. The van der Waals surface area contributed by atoms with Gasteiger partial charge >= 0.3 is 0 Å². The van der Waals surface area contributed by atoms with Gasteiger partial charge in [-0.1, -0.05) is 206 Å². The summed E-state index contributed by atoms with van der Waals surface area (Å²) in [7, 11) is 0. The number of hydrogen-bond donors (Lipinski definition) is 0. The molecule has 5 nitrogen and oxygen atoms in total. The zero-order chi connectivity index (χ0) is 43.1. The molecule has 0 aliphatic heterocycles. The van der Waals surface area contributed by atoms with E-state index in [1.54, 1.807) is 0 Å². The van der Waals surface area contributed by atoms with Crippen molar-refractivity contribution in [1.82, 2.24) is 19.9 Å². The van der Waals surface area contributed by atoms with Gasteiger partial charge in [0, 0.05) is 49.7 Å². The fourth-order valence-corrected chi connectivity index (χ4v) is 8.95. The predicted octanol–water partition coefficient (Wildman–Crippen LogP) is 15.7. The number of benzene rings is 9. The molecule has 0 saturated heterocycles. The highest BCUT2D eigenvalue weighted by molar-refractivity contribution is 6.16. The highest BCUT2D eigenvalue weighted by atomic mass is 16.3. The molecule has 3 aromatic heterocycles. The summed E-state index contributed by atoms with van der Waals surface area (Å²) in [6, 6.07) is 79.7. The summed E-state index contributed by atoms with van der Waals surface area (Å²) in [6.45, 7) is 0. The number of rotatable bonds is 8. The van der Waals surface area contributed by atoms with Gasteiger partial charge in [-0.25, -0.2) is 19.9 Å². The van der Waals surface area contributed by atoms with Gasteiger partial charge in [0.1, 0.15) is 11.2 Å². The minimum absolute atomic E-state index is 0.668. The average molecular weight is 831 g/mol. The first-order valence-corrected chi connectivity index (χ1v) is 21.8. The molecule has 0 spiro atoms. The van der Waals surface area contributed by atoms with Crippen LogP contribution in [-0.4, -0.2) is 19.9 Å². The van der Waals surface area contributed by atoms with Gasteiger partial charge < -0.3 is 4.42 Å². The Hall–Kier alpha value is -8.80. The Morgan fingerprint density at radius 1 is 0.277 bits per heavy atom. The molecule has 304 valence electrons. The predicted molar refractivity (Wildman–Crippen MR) is 266 cm³/mol. The van der Waals surface area contributed by atoms with Gasteiger partial charge in [0.15, 0.2) is 11.6 Å². The maximum atomic E-state index is 6.47. The van der Waals surface area contributed by atoms with Gasteiger partial charge in [0.25, 0.3) is 0 Å². The number of fused-ring (bicyclic) bond motifs is 4. The van der Waals surface area contributed by atoms with Crippen LogP contribution < -0.4 is 0 Å². The van der Waals surface area contributed by atoms with Crippen molar-refractivity contribution in [3.8, 4) is 90.1 Å². The smallest absolute Gasteiger partial charge is 0.160 e. The van der Waals surface area contributed by atoms with Crippen LogP contribution in [0.15, 0.2) is 235 Å². The topological polar surface area (TPSA) is 64.7 Å². The van der Waals surface area contributed by atoms with Crippen LogP contribution in [0.2, 0.25) is 0 Å². The van der Waals surface area contributed by atoms with Crippen molar-refractivity contribution in [3.63, 3.8) is 0 Å². The van der Waals surface area contributed by atoms with Crippen LogP contribution in [0, 0.1) is 0 Å². The first-order chi connectivity index (χ1) is 32.2. The quantitative estimate of drug-likeness (QED) is 0.153. The molecule has 0 N–H and O–H groups in total. The lowest BCUT2D eigenvalue weighted by atomic mass is 9.90. The molecule has 65 heavy (non-hydrogen) atoms. The van der Waals surface area contributed by atoms with Crippen molar-refractivity contribution in [2.75, 3.05) is 0 Å². The van der Waals surface area contributed by atoms with Crippen molar-refractivity contribution < 1.29 is 4.42 Å². The number of furan rings is 1. The summed E-state index contributed by atoms with van der Waals surface area (Å²) >= 11 is 0. The molecule has 0 atom stereocenters. The number of nitrogens with zero attached hydrogens (tertiary/aromatic N) is 4. The van der Waals surface area contributed by atoms with Crippen molar-refractivity contribution >= 4 is 32.7 Å². The number of hydrogen-bond acceptors (Lipinski definition) is 5. The molecule has 0 unspecified atom stereocenters. The van der Waals surface area contributed by atoms with E-state index < -0.39 is 0 Å². The first kappa shape index (κ1) is 37.9. The Morgan fingerprint density at radius 2 is 0.738 bits per heavy atom. The molecule has 12 rings (SSSR count). The molecule has 3 heterocycles. The third kappa shape index (κ3) is 7.11. The third-order valence-corrected chi connectivity index (χ3v) is 12.2. The Morgan fingerprint density at radius 3 is 1.34 bits per heavy atom. The van der Waals surface area contributed by atoms with E-state index in [0.29, 0.717) is 11.6 Å². The van der Waals surface area contributed by atoms with E-state index in [9.17, 15) is 0 Å². The highest BCUT2D eigenvalue weighted by Gasteiger charge is 2.20. The highest BCUT2D eigenvalue weighted by Crippen LogP contribution is 2.44. The molecule has 0 aliphatic carbocycles. The Labute approximate surface area is 376 Å². The van der Waals surface area contributed by atoms with E-state index >= 15 is 0 Å². The second kappa shape index (κ2) is 16.2. The lowest BCUT2D eigenvalue weighted by Crippen LogP contribution is -1.96. The van der Waals surface area contributed by atoms with E-state index in [2.05, 4.69) is 164 Å². The largest absolute Gasteiger partial charge is 0.456 e. The average Bonchev–Trinajstić information content (AvgIpc) is 3.78. The monoisotopic (exact) mass is 830 g/mol. The maximum Gasteiger partial charge on any atom is 0.160 e. The minimum Gasteiger partial charge on any atom is -0.456 e. The molecule has 0 saturated carbocycles. The minimum atomic E-state index is 0.668. The molecule has 0 radical (unpaired) electrons. The maximum absolute atomic E-state index is 6.47. The lowest BCUT2D eigenvalue weighted by Gasteiger charge is -2.14. The summed E-state index contributed by atoms with van der Waals surface area (Å²) in [5, 5.41) is 4.47. The van der Waals surface area contributed by atoms with Crippen LogP contribution in [0.4, 0.5) is 0 Å². The van der Waals surface area contributed by atoms with Crippen LogP contribution >= 0.6 is 0 Å². The summed E-state index contributed by atoms with van der Waals surface area (Å²) in [6.07, 6.45) is 0. The van der Waals surface area contributed by atoms with Crippen molar-refractivity contribution in [2.45, 2.75) is 0 Å². The van der Waals surface area contributed by atoms with Crippen LogP contribution in [0.5, 0.6) is 0 Å². The second-order valence-electron chi connectivity index (χ2n) is 16.2. The van der Waals surface area contributed by atoms with Gasteiger partial charge in [-0.15, -0.1) is 0 Å². The van der Waals surface area contributed by atoms with Crippen molar-refractivity contribution in [2.24, 2.45) is 0 Å². The van der Waals surface area contributed by atoms with Crippen LogP contribution in [0.3, 0.4) is 0 Å². The van der Waals surface area contributed by atoms with Gasteiger partial charge in [-0.3, -0.25) is 0 Å². The fraction of sp³-hybridized carbons (Fsp3) is 0. The molecule has 12 aromatic rings. The Balaban J connectivity index is 0.973. The number of aromatic nitrogens is 4. The van der Waals surface area contributed by atoms with Gasteiger partial charge in [-0.05, 0) is 51.7 Å². The first-order valence-electron chi connectivity index (χ1n) is 21.8. The van der Waals surface area contributed by atoms with E-state index in [1.165, 1.54) is 5.39 Å². The van der Waals surface area contributed by atoms with Gasteiger partial charge in [0.2, 0.25) is 0 Å². The fourth-order valence-electron chi connectivity index (χ4n) is 8.95. The Bertz CT molecular complexity index is 3620. The van der Waals surface area contributed by atoms with Crippen LogP contribution in [0.25, 0.3) is 123 Å². The number of para-hydroxylation sites is 1. The molecule has 0 bridgehead atoms. The zero-order valence-electron chi connectivity index (χ0n) is 35.1. The lowest BCUT2D eigenvalue weighted by molar-refractivity contribution is 0.669. The second-order valence-corrected chi connectivity index (χ2v) is 16.2. The Kier molecular flexibility index (Phi) is 9.42. The molecule has 5 heteroatoms. The van der Waals surface area contributed by atoms with E-state index in [-0.39, 0.29) is 0 Å². The standard InChI is InChI=1S/C60H38N4O/c1-4-16-41(17-5-1)51-37-52(42-18-6-2-7-19-42)62-59(61-51)46-33-29-44(30-34-46)57-48(35-36-56-58(57)50-24-12-13-26-55(50)65-56)40-27-31-45(32-28-40)60-63-53(43-20-8-3-9-21-43)38-54(64-60)49-25-14-22-39-15-10-11-23-47(39)49/h1-38H. The van der Waals surface area contributed by atoms with Crippen LogP contribution in [0.1, 0.15) is 0 Å². The van der Waals surface area contributed by atoms with E-state index in [0.717, 1.165) is 106 Å². The molecule has 0 aliphatic rings. The normalized spacial score (nSPS) is 11.4. The third-order valence-electron chi connectivity index (χ3n) is 12.2. The van der Waals surface area contributed by atoms with Crippen molar-refractivity contribution in [1.29, 1.82) is 0 Å². The summed E-state index contributed by atoms with van der Waals surface area (Å²) in [5.74, 6) is 1.34. The van der Waals surface area contributed by atoms with Crippen LogP contribution in [-0.2, 0) is 0 Å². The van der Waals surface area contributed by atoms with Crippen molar-refractivity contribution in [3.05, 3.63) is 231 Å². The summed E-state index contributed by atoms with van der Waals surface area (Å²) < 4.78 is 6.47. The molecule has 0 amide bonds. The van der Waals surface area contributed by atoms with Gasteiger partial charge in [-0.2, -0.15) is 0 Å². The molecule has 0 fully saturated rings. The van der Waals surface area contributed by atoms with Gasteiger partial charge in [0.05, 0.1) is 22.8 Å². The van der Waals surface area contributed by atoms with E-state index in [1.807, 2.05) is 66.7 Å². The molecular weight excluding hydrogens is 793 g/mol. The molecule has 9 aromatic carbocycles.